The van der Waals surface area contributed by atoms with Crippen molar-refractivity contribution in [3.05, 3.63) is 68.4 Å². The van der Waals surface area contributed by atoms with E-state index in [0.717, 1.165) is 12.0 Å². The zero-order valence-electron chi connectivity index (χ0n) is 17.0. The first-order valence-corrected chi connectivity index (χ1v) is 10.8. The molecule has 2 aromatic carbocycles. The minimum atomic E-state index is -1.09. The highest BCUT2D eigenvalue weighted by atomic mass is 35.5. The predicted molar refractivity (Wildman–Crippen MR) is 117 cm³/mol. The van der Waals surface area contributed by atoms with Crippen LogP contribution in [-0.4, -0.2) is 28.3 Å². The van der Waals surface area contributed by atoms with Gasteiger partial charge in [-0.05, 0) is 66.1 Å². The van der Waals surface area contributed by atoms with Gasteiger partial charge in [0, 0.05) is 22.2 Å². The zero-order valence-corrected chi connectivity index (χ0v) is 18.5. The second-order valence-electron chi connectivity index (χ2n) is 8.33. The van der Waals surface area contributed by atoms with Crippen LogP contribution in [0.2, 0.25) is 10.0 Å². The van der Waals surface area contributed by atoms with Crippen LogP contribution in [0.15, 0.2) is 30.3 Å². The Bertz CT molecular complexity index is 944. The van der Waals surface area contributed by atoms with Crippen molar-refractivity contribution in [2.75, 3.05) is 6.54 Å². The molecule has 0 radical (unpaired) electrons. The fourth-order valence-electron chi connectivity index (χ4n) is 3.70. The van der Waals surface area contributed by atoms with Crippen molar-refractivity contribution in [2.24, 2.45) is 0 Å². The van der Waals surface area contributed by atoms with Gasteiger partial charge in [-0.1, -0.05) is 43.1 Å². The van der Waals surface area contributed by atoms with Crippen LogP contribution in [0, 0.1) is 5.82 Å². The predicted octanol–water partition coefficient (Wildman–Crippen LogP) is 4.91. The first-order chi connectivity index (χ1) is 14.1. The van der Waals surface area contributed by atoms with Crippen molar-refractivity contribution in [1.82, 2.24) is 5.32 Å². The van der Waals surface area contributed by atoms with Crippen LogP contribution in [0.4, 0.5) is 4.39 Å². The number of rotatable bonds is 7. The highest BCUT2D eigenvalue weighted by Crippen LogP contribution is 2.37. The molecule has 162 valence electrons. The number of hydrogen-bond donors (Lipinski definition) is 3. The highest BCUT2D eigenvalue weighted by molar-refractivity contribution is 6.35. The molecule has 3 N–H and O–H groups in total. The third-order valence-corrected chi connectivity index (χ3v) is 6.19. The summed E-state index contributed by atoms with van der Waals surface area (Å²) in [5, 5.41) is 24.6. The largest absolute Gasteiger partial charge is 0.388 e. The van der Waals surface area contributed by atoms with Crippen molar-refractivity contribution in [2.45, 2.75) is 57.2 Å². The third kappa shape index (κ3) is 5.14. The van der Waals surface area contributed by atoms with Crippen molar-refractivity contribution in [1.29, 1.82) is 0 Å². The summed E-state index contributed by atoms with van der Waals surface area (Å²) in [6.45, 7) is 4.09. The lowest BCUT2D eigenvalue weighted by molar-refractivity contribution is -0.122. The van der Waals surface area contributed by atoms with Crippen LogP contribution in [0.3, 0.4) is 0 Å². The van der Waals surface area contributed by atoms with Gasteiger partial charge < -0.3 is 15.5 Å². The molecule has 1 unspecified atom stereocenters. The van der Waals surface area contributed by atoms with Gasteiger partial charge in [0.05, 0.1) is 12.0 Å². The molecule has 0 bridgehead atoms. The SMILES string of the molecule is CC(C)c1cc(Cl)cc(Cl)c1C(O)c1ccc(F)c(CC(=O)NCC2(O)CCC2)c1. The topological polar surface area (TPSA) is 69.6 Å². The van der Waals surface area contributed by atoms with Crippen LogP contribution < -0.4 is 5.32 Å². The van der Waals surface area contributed by atoms with E-state index in [1.807, 2.05) is 13.8 Å². The highest BCUT2D eigenvalue weighted by Gasteiger charge is 2.34. The molecule has 1 aliphatic rings. The van der Waals surface area contributed by atoms with E-state index in [-0.39, 0.29) is 30.4 Å². The van der Waals surface area contributed by atoms with Crippen LogP contribution in [-0.2, 0) is 11.2 Å². The number of hydrogen-bond acceptors (Lipinski definition) is 3. The van der Waals surface area contributed by atoms with Crippen molar-refractivity contribution in [3.63, 3.8) is 0 Å². The number of benzene rings is 2. The van der Waals surface area contributed by atoms with Crippen LogP contribution in [0.1, 0.15) is 67.4 Å². The summed E-state index contributed by atoms with van der Waals surface area (Å²) >= 11 is 12.5. The summed E-state index contributed by atoms with van der Waals surface area (Å²) in [6.07, 6.45) is 0.970. The molecule has 3 rings (SSSR count). The lowest BCUT2D eigenvalue weighted by Gasteiger charge is -2.36. The van der Waals surface area contributed by atoms with Gasteiger partial charge >= 0.3 is 0 Å². The quantitative estimate of drug-likeness (QED) is 0.557. The normalized spacial score (nSPS) is 16.3. The maximum atomic E-state index is 14.3. The molecule has 0 aromatic heterocycles. The first kappa shape index (κ1) is 23.0. The Hall–Kier alpha value is -1.66. The van der Waals surface area contributed by atoms with Crippen LogP contribution in [0.5, 0.6) is 0 Å². The maximum Gasteiger partial charge on any atom is 0.224 e. The molecule has 7 heteroatoms. The van der Waals surface area contributed by atoms with Gasteiger partial charge in [0.1, 0.15) is 11.9 Å². The lowest BCUT2D eigenvalue weighted by atomic mass is 9.80. The van der Waals surface area contributed by atoms with Crippen molar-refractivity contribution >= 4 is 29.1 Å². The molecule has 0 aliphatic heterocycles. The Morgan fingerprint density at radius 3 is 2.53 bits per heavy atom. The van der Waals surface area contributed by atoms with E-state index in [9.17, 15) is 19.4 Å². The summed E-state index contributed by atoms with van der Waals surface area (Å²) in [7, 11) is 0. The standard InChI is InChI=1S/C23H26Cl2FNO3/c1-13(2)17-10-16(24)11-18(25)21(17)22(29)14-4-5-19(26)15(8-14)9-20(28)27-12-23(30)6-3-7-23/h4-5,8,10-11,13,22,29-30H,3,6-7,9,12H2,1-2H3,(H,27,28). The van der Waals surface area contributed by atoms with E-state index < -0.39 is 17.5 Å². The average molecular weight is 454 g/mol. The van der Waals surface area contributed by atoms with Crippen molar-refractivity contribution in [3.8, 4) is 0 Å². The van der Waals surface area contributed by atoms with Gasteiger partial charge in [-0.25, -0.2) is 4.39 Å². The minimum Gasteiger partial charge on any atom is -0.388 e. The molecular formula is C23H26Cl2FNO3. The lowest BCUT2D eigenvalue weighted by Crippen LogP contribution is -2.48. The number of carbonyl (C=O) groups excluding carboxylic acids is 1. The number of halogens is 3. The van der Waals surface area contributed by atoms with E-state index in [1.54, 1.807) is 12.1 Å². The molecule has 1 fully saturated rings. The Balaban J connectivity index is 1.82. The number of aliphatic hydroxyl groups excluding tert-OH is 1. The van der Waals surface area contributed by atoms with Gasteiger partial charge in [0.15, 0.2) is 0 Å². The molecule has 1 aliphatic carbocycles. The molecule has 2 aromatic rings. The van der Waals surface area contributed by atoms with E-state index in [2.05, 4.69) is 5.32 Å². The average Bonchev–Trinajstić information content (AvgIpc) is 2.65. The first-order valence-electron chi connectivity index (χ1n) is 10.0. The molecule has 0 spiro atoms. The Morgan fingerprint density at radius 2 is 1.93 bits per heavy atom. The summed E-state index contributed by atoms with van der Waals surface area (Å²) in [5.41, 5.74) is 1.08. The molecule has 1 amide bonds. The maximum absolute atomic E-state index is 14.3. The summed E-state index contributed by atoms with van der Waals surface area (Å²) in [5.74, 6) is -0.850. The van der Waals surface area contributed by atoms with Crippen molar-refractivity contribution < 1.29 is 19.4 Å². The summed E-state index contributed by atoms with van der Waals surface area (Å²) in [6, 6.07) is 7.52. The molecule has 1 atom stereocenters. The van der Waals surface area contributed by atoms with Crippen LogP contribution in [0.25, 0.3) is 0 Å². The van der Waals surface area contributed by atoms with Gasteiger partial charge in [-0.15, -0.1) is 0 Å². The number of nitrogens with one attached hydrogen (secondary N) is 1. The molecule has 30 heavy (non-hydrogen) atoms. The third-order valence-electron chi connectivity index (χ3n) is 5.66. The number of aliphatic hydroxyl groups is 2. The van der Waals surface area contributed by atoms with E-state index >= 15 is 0 Å². The van der Waals surface area contributed by atoms with E-state index in [1.165, 1.54) is 18.2 Å². The number of amides is 1. The van der Waals surface area contributed by atoms with E-state index in [4.69, 9.17) is 23.2 Å². The second kappa shape index (κ2) is 9.23. The van der Waals surface area contributed by atoms with E-state index in [0.29, 0.717) is 34.0 Å². The van der Waals surface area contributed by atoms with Gasteiger partial charge in [-0.3, -0.25) is 4.79 Å². The van der Waals surface area contributed by atoms with Gasteiger partial charge in [-0.2, -0.15) is 0 Å². The van der Waals surface area contributed by atoms with Gasteiger partial charge in [0.25, 0.3) is 0 Å². The Morgan fingerprint density at radius 1 is 1.23 bits per heavy atom. The van der Waals surface area contributed by atoms with Gasteiger partial charge in [0.2, 0.25) is 5.91 Å². The number of carbonyl (C=O) groups is 1. The summed E-state index contributed by atoms with van der Waals surface area (Å²) < 4.78 is 14.3. The minimum absolute atomic E-state index is 0.0638. The second-order valence-corrected chi connectivity index (χ2v) is 9.17. The molecule has 4 nitrogen and oxygen atoms in total. The zero-order chi connectivity index (χ0) is 22.1. The van der Waals surface area contributed by atoms with Crippen LogP contribution >= 0.6 is 23.2 Å². The fourth-order valence-corrected chi connectivity index (χ4v) is 4.31. The smallest absolute Gasteiger partial charge is 0.224 e. The summed E-state index contributed by atoms with van der Waals surface area (Å²) in [4.78, 5) is 12.3. The Kier molecular flexibility index (Phi) is 7.08. The fraction of sp³-hybridized carbons (Fsp3) is 0.435. The Labute approximate surface area is 186 Å². The molecule has 0 heterocycles. The monoisotopic (exact) mass is 453 g/mol. The molecule has 1 saturated carbocycles. The molecular weight excluding hydrogens is 428 g/mol. The molecule has 0 saturated heterocycles.